The lowest BCUT2D eigenvalue weighted by molar-refractivity contribution is -0.0638. The molecule has 0 saturated heterocycles. The summed E-state index contributed by atoms with van der Waals surface area (Å²) in [6.45, 7) is 7.81. The Kier molecular flexibility index (Phi) is 8.59. The summed E-state index contributed by atoms with van der Waals surface area (Å²) in [7, 11) is 0. The second-order valence-corrected chi connectivity index (χ2v) is 11.8. The van der Waals surface area contributed by atoms with Crippen LogP contribution < -0.4 is 11.1 Å². The molecule has 3 saturated carbocycles. The van der Waals surface area contributed by atoms with Gasteiger partial charge in [-0.05, 0) is 93.9 Å². The lowest BCUT2D eigenvalue weighted by atomic mass is 9.72. The first-order chi connectivity index (χ1) is 16.8. The Morgan fingerprint density at radius 1 is 1.03 bits per heavy atom. The molecule has 5 atom stereocenters. The summed E-state index contributed by atoms with van der Waals surface area (Å²) in [5.74, 6) is 1.69. The van der Waals surface area contributed by atoms with Crippen molar-refractivity contribution in [3.05, 3.63) is 48.0 Å². The van der Waals surface area contributed by atoms with E-state index in [9.17, 15) is 10.2 Å². The molecule has 0 aromatic heterocycles. The number of aliphatic hydroxyl groups is 2. The first-order valence-electron chi connectivity index (χ1n) is 14.0. The Labute approximate surface area is 212 Å². The van der Waals surface area contributed by atoms with Gasteiger partial charge in [-0.1, -0.05) is 61.7 Å². The molecule has 3 aliphatic rings. The number of nitrogens with two attached hydrogens (primary N) is 1. The average molecular weight is 482 g/mol. The number of rotatable bonds is 8. The minimum absolute atomic E-state index is 0.0906. The summed E-state index contributed by atoms with van der Waals surface area (Å²) in [6, 6.07) is 10.3. The van der Waals surface area contributed by atoms with Crippen LogP contribution in [0, 0.1) is 23.7 Å². The molecule has 0 unspecified atom stereocenters. The van der Waals surface area contributed by atoms with Crippen LogP contribution in [-0.2, 0) is 6.42 Å². The first kappa shape index (κ1) is 26.2. The van der Waals surface area contributed by atoms with E-state index in [0.717, 1.165) is 45.1 Å². The minimum atomic E-state index is -0.794. The van der Waals surface area contributed by atoms with Gasteiger partial charge in [-0.3, -0.25) is 4.99 Å². The summed E-state index contributed by atoms with van der Waals surface area (Å²) >= 11 is 0. The Morgan fingerprint density at radius 3 is 2.51 bits per heavy atom. The lowest BCUT2D eigenvalue weighted by Crippen LogP contribution is -2.43. The summed E-state index contributed by atoms with van der Waals surface area (Å²) in [5, 5.41) is 26.4. The zero-order chi connectivity index (χ0) is 24.9. The predicted octanol–water partition coefficient (Wildman–Crippen LogP) is 4.97. The number of aliphatic imine (C=N–C) groups is 1. The van der Waals surface area contributed by atoms with E-state index in [2.05, 4.69) is 29.0 Å². The maximum Gasteiger partial charge on any atom is 0.188 e. The molecule has 35 heavy (non-hydrogen) atoms. The SMILES string of the molecule is C=C(C1CCCCC1)[C@H]1CC[C@](C)(O)[C@H]2CC[C@@](O)(CCN=C(N)NCCc3ccccc3)[C@@H]2C1. The maximum atomic E-state index is 11.8. The largest absolute Gasteiger partial charge is 0.390 e. The van der Waals surface area contributed by atoms with Crippen molar-refractivity contribution in [2.45, 2.75) is 95.2 Å². The zero-order valence-corrected chi connectivity index (χ0v) is 21.7. The minimum Gasteiger partial charge on any atom is -0.390 e. The molecule has 3 aliphatic carbocycles. The number of nitrogens with zero attached hydrogens (tertiary/aromatic N) is 1. The number of benzene rings is 1. The van der Waals surface area contributed by atoms with E-state index in [-0.39, 0.29) is 11.8 Å². The van der Waals surface area contributed by atoms with Crippen molar-refractivity contribution < 1.29 is 10.2 Å². The van der Waals surface area contributed by atoms with E-state index < -0.39 is 11.2 Å². The van der Waals surface area contributed by atoms with Gasteiger partial charge in [-0.2, -0.15) is 0 Å². The molecule has 0 heterocycles. The molecule has 0 amide bonds. The first-order valence-corrected chi connectivity index (χ1v) is 14.0. The number of hydrogen-bond acceptors (Lipinski definition) is 3. The van der Waals surface area contributed by atoms with Crippen LogP contribution in [0.3, 0.4) is 0 Å². The molecule has 5 nitrogen and oxygen atoms in total. The van der Waals surface area contributed by atoms with Crippen LogP contribution in [-0.4, -0.2) is 40.5 Å². The van der Waals surface area contributed by atoms with Gasteiger partial charge in [0.1, 0.15) is 0 Å². The molecule has 4 rings (SSSR count). The summed E-state index contributed by atoms with van der Waals surface area (Å²) in [5.41, 5.74) is 7.25. The van der Waals surface area contributed by atoms with E-state index in [4.69, 9.17) is 5.73 Å². The van der Waals surface area contributed by atoms with Crippen LogP contribution in [0.15, 0.2) is 47.5 Å². The van der Waals surface area contributed by atoms with Crippen molar-refractivity contribution in [3.63, 3.8) is 0 Å². The molecule has 0 spiro atoms. The highest BCUT2D eigenvalue weighted by Crippen LogP contribution is 2.55. The molecule has 5 N–H and O–H groups in total. The fourth-order valence-corrected chi connectivity index (χ4v) is 7.23. The predicted molar refractivity (Wildman–Crippen MR) is 144 cm³/mol. The fourth-order valence-electron chi connectivity index (χ4n) is 7.23. The zero-order valence-electron chi connectivity index (χ0n) is 21.7. The van der Waals surface area contributed by atoms with Gasteiger partial charge in [-0.25, -0.2) is 0 Å². The van der Waals surface area contributed by atoms with E-state index in [0.29, 0.717) is 30.8 Å². The van der Waals surface area contributed by atoms with E-state index in [1.54, 1.807) is 0 Å². The molecule has 0 aliphatic heterocycles. The van der Waals surface area contributed by atoms with Crippen LogP contribution in [0.2, 0.25) is 0 Å². The van der Waals surface area contributed by atoms with E-state index in [1.165, 1.54) is 43.2 Å². The summed E-state index contributed by atoms with van der Waals surface area (Å²) in [6.07, 6.45) is 12.3. The standard InChI is InChI=1S/C30H47N3O2/c1-22(24-11-7-4-8-12-24)25-13-16-29(2,34)26-14-17-30(35,27(26)21-25)18-20-33-28(31)32-19-15-23-9-5-3-6-10-23/h3,5-6,9-10,24-27,34-35H,1,4,7-8,11-21H2,2H3,(H3,31,32,33)/t25-,26-,27+,29-,30+/m0/s1. The van der Waals surface area contributed by atoms with Crippen LogP contribution in [0.4, 0.5) is 0 Å². The Hall–Kier alpha value is -1.85. The molecule has 0 radical (unpaired) electrons. The van der Waals surface area contributed by atoms with Crippen LogP contribution in [0.25, 0.3) is 0 Å². The van der Waals surface area contributed by atoms with Crippen molar-refractivity contribution in [2.75, 3.05) is 13.1 Å². The van der Waals surface area contributed by atoms with Gasteiger partial charge in [0.2, 0.25) is 0 Å². The molecule has 194 valence electrons. The second-order valence-electron chi connectivity index (χ2n) is 11.8. The van der Waals surface area contributed by atoms with Gasteiger partial charge < -0.3 is 21.3 Å². The highest BCUT2D eigenvalue weighted by Gasteiger charge is 2.54. The number of nitrogens with one attached hydrogen (secondary N) is 1. The second kappa shape index (κ2) is 11.5. The Morgan fingerprint density at radius 2 is 1.77 bits per heavy atom. The monoisotopic (exact) mass is 481 g/mol. The van der Waals surface area contributed by atoms with Crippen molar-refractivity contribution in [1.29, 1.82) is 0 Å². The van der Waals surface area contributed by atoms with Gasteiger partial charge in [0.05, 0.1) is 11.2 Å². The highest BCUT2D eigenvalue weighted by molar-refractivity contribution is 5.77. The summed E-state index contributed by atoms with van der Waals surface area (Å²) < 4.78 is 0. The number of allylic oxidation sites excluding steroid dienone is 1. The third kappa shape index (κ3) is 6.48. The van der Waals surface area contributed by atoms with Gasteiger partial charge in [-0.15, -0.1) is 0 Å². The summed E-state index contributed by atoms with van der Waals surface area (Å²) in [4.78, 5) is 4.53. The topological polar surface area (TPSA) is 90.9 Å². The third-order valence-corrected chi connectivity index (χ3v) is 9.44. The third-order valence-electron chi connectivity index (χ3n) is 9.44. The van der Waals surface area contributed by atoms with Crippen LogP contribution in [0.5, 0.6) is 0 Å². The molecule has 1 aromatic rings. The van der Waals surface area contributed by atoms with Gasteiger partial charge in [0.25, 0.3) is 0 Å². The quantitative estimate of drug-likeness (QED) is 0.240. The van der Waals surface area contributed by atoms with Gasteiger partial charge in [0, 0.05) is 13.1 Å². The van der Waals surface area contributed by atoms with Crippen molar-refractivity contribution in [3.8, 4) is 0 Å². The molecular formula is C30H47N3O2. The molecular weight excluding hydrogens is 434 g/mol. The fraction of sp³-hybridized carbons (Fsp3) is 0.700. The Balaban J connectivity index is 1.35. The molecule has 0 bridgehead atoms. The van der Waals surface area contributed by atoms with E-state index >= 15 is 0 Å². The van der Waals surface area contributed by atoms with Crippen LogP contribution >= 0.6 is 0 Å². The van der Waals surface area contributed by atoms with E-state index in [1.807, 2.05) is 25.1 Å². The number of hydrogen-bond donors (Lipinski definition) is 4. The smallest absolute Gasteiger partial charge is 0.188 e. The van der Waals surface area contributed by atoms with Gasteiger partial charge in [0.15, 0.2) is 5.96 Å². The Bertz CT molecular complexity index is 862. The van der Waals surface area contributed by atoms with Crippen molar-refractivity contribution >= 4 is 5.96 Å². The van der Waals surface area contributed by atoms with Gasteiger partial charge >= 0.3 is 0 Å². The molecule has 3 fully saturated rings. The number of fused-ring (bicyclic) bond motifs is 1. The molecule has 1 aromatic carbocycles. The maximum absolute atomic E-state index is 11.8. The molecule has 5 heteroatoms. The lowest BCUT2D eigenvalue weighted by Gasteiger charge is -2.38. The van der Waals surface area contributed by atoms with Crippen LogP contribution in [0.1, 0.15) is 83.1 Å². The normalized spacial score (nSPS) is 34.3. The average Bonchev–Trinajstić information content (AvgIpc) is 3.11. The van der Waals surface area contributed by atoms with Crippen molar-refractivity contribution in [1.82, 2.24) is 5.32 Å². The number of guanidine groups is 1. The van der Waals surface area contributed by atoms with Crippen molar-refractivity contribution in [2.24, 2.45) is 34.4 Å². The highest BCUT2D eigenvalue weighted by atomic mass is 16.3.